The van der Waals surface area contributed by atoms with Gasteiger partial charge in [-0.2, -0.15) is 0 Å². The van der Waals surface area contributed by atoms with Gasteiger partial charge in [-0.15, -0.1) is 0 Å². The number of carbonyl (C=O) groups is 1. The van der Waals surface area contributed by atoms with Crippen LogP contribution in [-0.4, -0.2) is 11.5 Å². The van der Waals surface area contributed by atoms with Gasteiger partial charge in [0.05, 0.1) is 5.69 Å². The van der Waals surface area contributed by atoms with Crippen LogP contribution in [0.1, 0.15) is 29.8 Å². The number of nitrogens with zero attached hydrogens (tertiary/aromatic N) is 1. The van der Waals surface area contributed by atoms with Crippen LogP contribution < -0.4 is 0 Å². The van der Waals surface area contributed by atoms with Crippen molar-refractivity contribution in [1.29, 1.82) is 0 Å². The zero-order valence-electron chi connectivity index (χ0n) is 10.6. The van der Waals surface area contributed by atoms with Gasteiger partial charge in [0.1, 0.15) is 0 Å². The summed E-state index contributed by atoms with van der Waals surface area (Å²) in [6, 6.07) is 17.4. The standard InChI is InChI=1S/C16H15NO/c1-12(14-6-4-3-5-7-14)17-16-10-8-15(9-11-16)13(2)18/h3-11H,1-2H3. The normalized spacial score (nSPS) is 11.3. The van der Waals surface area contributed by atoms with E-state index in [0.717, 1.165) is 17.0 Å². The molecule has 0 amide bonds. The summed E-state index contributed by atoms with van der Waals surface area (Å²) in [6.45, 7) is 3.54. The molecule has 90 valence electrons. The number of ketones is 1. The van der Waals surface area contributed by atoms with Crippen LogP contribution in [0, 0.1) is 0 Å². The third-order valence-electron chi connectivity index (χ3n) is 2.76. The van der Waals surface area contributed by atoms with Crippen molar-refractivity contribution < 1.29 is 4.79 Å². The molecule has 0 aliphatic rings. The highest BCUT2D eigenvalue weighted by Crippen LogP contribution is 2.15. The van der Waals surface area contributed by atoms with Gasteiger partial charge in [0.15, 0.2) is 5.78 Å². The third kappa shape index (κ3) is 2.92. The van der Waals surface area contributed by atoms with Gasteiger partial charge in [0.25, 0.3) is 0 Å². The highest BCUT2D eigenvalue weighted by Gasteiger charge is 1.99. The summed E-state index contributed by atoms with van der Waals surface area (Å²) in [6.07, 6.45) is 0. The van der Waals surface area contributed by atoms with Crippen LogP contribution in [0.5, 0.6) is 0 Å². The first kappa shape index (κ1) is 12.2. The van der Waals surface area contributed by atoms with Crippen molar-refractivity contribution in [3.05, 3.63) is 65.7 Å². The maximum Gasteiger partial charge on any atom is 0.159 e. The molecule has 2 aromatic rings. The van der Waals surface area contributed by atoms with Crippen molar-refractivity contribution in [2.75, 3.05) is 0 Å². The van der Waals surface area contributed by atoms with Crippen molar-refractivity contribution in [1.82, 2.24) is 0 Å². The van der Waals surface area contributed by atoms with Gasteiger partial charge in [0, 0.05) is 11.3 Å². The van der Waals surface area contributed by atoms with Crippen LogP contribution >= 0.6 is 0 Å². The van der Waals surface area contributed by atoms with Crippen LogP contribution in [0.2, 0.25) is 0 Å². The lowest BCUT2D eigenvalue weighted by Crippen LogP contribution is -1.93. The van der Waals surface area contributed by atoms with Gasteiger partial charge in [-0.1, -0.05) is 30.3 Å². The van der Waals surface area contributed by atoms with Gasteiger partial charge >= 0.3 is 0 Å². The predicted molar refractivity (Wildman–Crippen MR) is 74.8 cm³/mol. The van der Waals surface area contributed by atoms with E-state index in [9.17, 15) is 4.79 Å². The molecule has 0 fully saturated rings. The Morgan fingerprint density at radius 3 is 2.00 bits per heavy atom. The first-order valence-electron chi connectivity index (χ1n) is 5.88. The Labute approximate surface area is 107 Å². The predicted octanol–water partition coefficient (Wildman–Crippen LogP) is 4.03. The Balaban J connectivity index is 2.25. The average Bonchev–Trinajstić information content (AvgIpc) is 2.40. The minimum absolute atomic E-state index is 0.0744. The zero-order chi connectivity index (χ0) is 13.0. The summed E-state index contributed by atoms with van der Waals surface area (Å²) < 4.78 is 0. The quantitative estimate of drug-likeness (QED) is 0.585. The Bertz CT molecular complexity index is 568. The Hall–Kier alpha value is -2.22. The molecule has 0 aliphatic carbocycles. The van der Waals surface area contributed by atoms with Crippen LogP contribution in [0.25, 0.3) is 0 Å². The molecule has 2 rings (SSSR count). The van der Waals surface area contributed by atoms with E-state index >= 15 is 0 Å². The molecule has 2 nitrogen and oxygen atoms in total. The summed E-state index contributed by atoms with van der Waals surface area (Å²) in [4.78, 5) is 15.7. The number of hydrogen-bond donors (Lipinski definition) is 0. The van der Waals surface area contributed by atoms with E-state index < -0.39 is 0 Å². The summed E-state index contributed by atoms with van der Waals surface area (Å²) in [5.41, 5.74) is 3.65. The van der Waals surface area contributed by atoms with Gasteiger partial charge in [-0.3, -0.25) is 9.79 Å². The Kier molecular flexibility index (Phi) is 3.68. The molecule has 0 aromatic heterocycles. The molecule has 0 radical (unpaired) electrons. The largest absolute Gasteiger partial charge is 0.295 e. The van der Waals surface area contributed by atoms with E-state index in [0.29, 0.717) is 5.56 Å². The maximum atomic E-state index is 11.2. The molecule has 0 spiro atoms. The van der Waals surface area contributed by atoms with Crippen LogP contribution in [0.15, 0.2) is 59.6 Å². The summed E-state index contributed by atoms with van der Waals surface area (Å²) in [7, 11) is 0. The molecule has 0 saturated carbocycles. The van der Waals surface area contributed by atoms with Crippen LogP contribution in [0.4, 0.5) is 5.69 Å². The van der Waals surface area contributed by atoms with E-state index in [2.05, 4.69) is 4.99 Å². The van der Waals surface area contributed by atoms with Crippen molar-refractivity contribution in [2.24, 2.45) is 4.99 Å². The fourth-order valence-corrected chi connectivity index (χ4v) is 1.71. The molecule has 18 heavy (non-hydrogen) atoms. The number of aliphatic imine (C=N–C) groups is 1. The molecular weight excluding hydrogens is 222 g/mol. The topological polar surface area (TPSA) is 29.4 Å². The first-order chi connectivity index (χ1) is 8.66. The van der Waals surface area contributed by atoms with Gasteiger partial charge in [-0.25, -0.2) is 0 Å². The lowest BCUT2D eigenvalue weighted by atomic mass is 10.1. The molecular formula is C16H15NO. The third-order valence-corrected chi connectivity index (χ3v) is 2.76. The number of rotatable bonds is 3. The second-order valence-corrected chi connectivity index (χ2v) is 4.17. The molecule has 0 bridgehead atoms. The minimum Gasteiger partial charge on any atom is -0.295 e. The first-order valence-corrected chi connectivity index (χ1v) is 5.88. The molecule has 0 heterocycles. The van der Waals surface area contributed by atoms with Crippen molar-refractivity contribution in [3.63, 3.8) is 0 Å². The second-order valence-electron chi connectivity index (χ2n) is 4.17. The van der Waals surface area contributed by atoms with Gasteiger partial charge in [0.2, 0.25) is 0 Å². The molecule has 0 unspecified atom stereocenters. The second kappa shape index (κ2) is 5.41. The SMILES string of the molecule is CC(=O)c1ccc(N=C(C)c2ccccc2)cc1. The number of carbonyl (C=O) groups excluding carboxylic acids is 1. The molecule has 2 aromatic carbocycles. The summed E-state index contributed by atoms with van der Waals surface area (Å²) in [5.74, 6) is 0.0744. The van der Waals surface area contributed by atoms with E-state index in [1.54, 1.807) is 19.1 Å². The molecule has 0 saturated heterocycles. The van der Waals surface area contributed by atoms with Crippen molar-refractivity contribution in [2.45, 2.75) is 13.8 Å². The van der Waals surface area contributed by atoms with Crippen LogP contribution in [0.3, 0.4) is 0 Å². The van der Waals surface area contributed by atoms with E-state index in [1.165, 1.54) is 0 Å². The Morgan fingerprint density at radius 1 is 0.833 bits per heavy atom. The summed E-state index contributed by atoms with van der Waals surface area (Å²) >= 11 is 0. The summed E-state index contributed by atoms with van der Waals surface area (Å²) in [5, 5.41) is 0. The molecule has 0 atom stereocenters. The fraction of sp³-hybridized carbons (Fsp3) is 0.125. The van der Waals surface area contributed by atoms with Crippen LogP contribution in [-0.2, 0) is 0 Å². The fourth-order valence-electron chi connectivity index (χ4n) is 1.71. The van der Waals surface area contributed by atoms with Gasteiger partial charge < -0.3 is 0 Å². The van der Waals surface area contributed by atoms with Crippen molar-refractivity contribution >= 4 is 17.2 Å². The van der Waals surface area contributed by atoms with E-state index in [1.807, 2.05) is 49.4 Å². The highest BCUT2D eigenvalue weighted by atomic mass is 16.1. The maximum absolute atomic E-state index is 11.2. The van der Waals surface area contributed by atoms with E-state index in [-0.39, 0.29) is 5.78 Å². The van der Waals surface area contributed by atoms with Crippen molar-refractivity contribution in [3.8, 4) is 0 Å². The van der Waals surface area contributed by atoms with E-state index in [4.69, 9.17) is 0 Å². The smallest absolute Gasteiger partial charge is 0.159 e. The molecule has 2 heteroatoms. The zero-order valence-corrected chi connectivity index (χ0v) is 10.6. The molecule has 0 aliphatic heterocycles. The number of Topliss-reactive ketones (excluding diaryl/α,β-unsaturated/α-hetero) is 1. The average molecular weight is 237 g/mol. The number of benzene rings is 2. The Morgan fingerprint density at radius 2 is 1.44 bits per heavy atom. The minimum atomic E-state index is 0.0744. The number of hydrogen-bond acceptors (Lipinski definition) is 2. The lowest BCUT2D eigenvalue weighted by Gasteiger charge is -2.01. The highest BCUT2D eigenvalue weighted by molar-refractivity contribution is 6.00. The van der Waals surface area contributed by atoms with Gasteiger partial charge in [-0.05, 0) is 43.7 Å². The monoisotopic (exact) mass is 237 g/mol. The lowest BCUT2D eigenvalue weighted by molar-refractivity contribution is 0.101. The molecule has 0 N–H and O–H groups in total.